The Hall–Kier alpha value is -2.88. The van der Waals surface area contributed by atoms with E-state index < -0.39 is 4.92 Å². The van der Waals surface area contributed by atoms with Crippen LogP contribution in [0.4, 0.5) is 11.4 Å². The molecule has 0 saturated heterocycles. The van der Waals surface area contributed by atoms with Gasteiger partial charge in [-0.2, -0.15) is 5.26 Å². The summed E-state index contributed by atoms with van der Waals surface area (Å²) in [6.07, 6.45) is 3.44. The van der Waals surface area contributed by atoms with Gasteiger partial charge >= 0.3 is 0 Å². The molecule has 0 saturated carbocycles. The Labute approximate surface area is 109 Å². The summed E-state index contributed by atoms with van der Waals surface area (Å²) in [5.41, 5.74) is 0.619. The van der Waals surface area contributed by atoms with Crippen molar-refractivity contribution in [2.45, 2.75) is 6.54 Å². The molecular weight excluding hydrogens is 246 g/mol. The predicted octanol–water partition coefficient (Wildman–Crippen LogP) is 1.81. The van der Waals surface area contributed by atoms with Crippen LogP contribution in [0.5, 0.6) is 0 Å². The Balaban J connectivity index is 2.25. The Morgan fingerprint density at radius 2 is 2.37 bits per heavy atom. The van der Waals surface area contributed by atoms with Gasteiger partial charge in [0, 0.05) is 25.5 Å². The van der Waals surface area contributed by atoms with Crippen molar-refractivity contribution < 1.29 is 4.92 Å². The predicted molar refractivity (Wildman–Crippen MR) is 68.3 cm³/mol. The molecule has 1 aromatic heterocycles. The third-order valence-electron chi connectivity index (χ3n) is 2.68. The Kier molecular flexibility index (Phi) is 3.43. The molecular formula is C12H11N5O2. The molecule has 0 amide bonds. The van der Waals surface area contributed by atoms with Crippen LogP contribution in [0.2, 0.25) is 0 Å². The molecule has 1 heterocycles. The van der Waals surface area contributed by atoms with Crippen molar-refractivity contribution in [3.63, 3.8) is 0 Å². The van der Waals surface area contributed by atoms with Crippen molar-refractivity contribution in [3.05, 3.63) is 52.1 Å². The molecule has 0 spiro atoms. The fraction of sp³-hybridized carbons (Fsp3) is 0.167. The largest absolute Gasteiger partial charge is 0.372 e. The number of nitriles is 1. The fourth-order valence-electron chi connectivity index (χ4n) is 1.65. The van der Waals surface area contributed by atoms with Crippen molar-refractivity contribution in [3.8, 4) is 6.07 Å². The van der Waals surface area contributed by atoms with Crippen LogP contribution in [0, 0.1) is 21.4 Å². The van der Waals surface area contributed by atoms with Gasteiger partial charge in [0.2, 0.25) is 0 Å². The minimum atomic E-state index is -0.484. The molecule has 0 bridgehead atoms. The summed E-state index contributed by atoms with van der Waals surface area (Å²) in [6.45, 7) is 0.346. The third-order valence-corrected chi connectivity index (χ3v) is 2.68. The maximum Gasteiger partial charge on any atom is 0.292 e. The lowest BCUT2D eigenvalue weighted by molar-refractivity contribution is -0.384. The van der Waals surface area contributed by atoms with E-state index >= 15 is 0 Å². The SMILES string of the molecule is Cn1ccnc1CNc1cc(C#N)ccc1[N+](=O)[O-]. The number of nitrogens with one attached hydrogen (secondary N) is 1. The highest BCUT2D eigenvalue weighted by Gasteiger charge is 2.14. The van der Waals surface area contributed by atoms with E-state index in [9.17, 15) is 10.1 Å². The van der Waals surface area contributed by atoms with Gasteiger partial charge in [0.1, 0.15) is 11.5 Å². The molecule has 0 aliphatic carbocycles. The number of aromatic nitrogens is 2. The highest BCUT2D eigenvalue weighted by molar-refractivity contribution is 5.64. The zero-order valence-corrected chi connectivity index (χ0v) is 10.2. The average molecular weight is 257 g/mol. The van der Waals surface area contributed by atoms with Crippen molar-refractivity contribution >= 4 is 11.4 Å². The number of hydrogen-bond acceptors (Lipinski definition) is 5. The van der Waals surface area contributed by atoms with Crippen LogP contribution in [-0.2, 0) is 13.6 Å². The molecule has 7 heteroatoms. The van der Waals surface area contributed by atoms with Gasteiger partial charge in [-0.1, -0.05) is 0 Å². The van der Waals surface area contributed by atoms with Gasteiger partial charge in [-0.15, -0.1) is 0 Å². The highest BCUT2D eigenvalue weighted by atomic mass is 16.6. The molecule has 0 aliphatic rings. The minimum Gasteiger partial charge on any atom is -0.372 e. The molecule has 1 aromatic carbocycles. The van der Waals surface area contributed by atoms with Crippen molar-refractivity contribution in [2.75, 3.05) is 5.32 Å². The number of nitro groups is 1. The van der Waals surface area contributed by atoms with Crippen LogP contribution in [-0.4, -0.2) is 14.5 Å². The van der Waals surface area contributed by atoms with Crippen LogP contribution >= 0.6 is 0 Å². The van der Waals surface area contributed by atoms with Gasteiger partial charge in [0.05, 0.1) is 23.1 Å². The van der Waals surface area contributed by atoms with Gasteiger partial charge in [0.15, 0.2) is 0 Å². The van der Waals surface area contributed by atoms with Crippen molar-refractivity contribution in [1.29, 1.82) is 5.26 Å². The number of rotatable bonds is 4. The molecule has 1 N–H and O–H groups in total. The Morgan fingerprint density at radius 1 is 1.58 bits per heavy atom. The lowest BCUT2D eigenvalue weighted by Gasteiger charge is -2.07. The number of nitrogens with zero attached hydrogens (tertiary/aromatic N) is 4. The third kappa shape index (κ3) is 2.69. The summed E-state index contributed by atoms with van der Waals surface area (Å²) >= 11 is 0. The van der Waals surface area contributed by atoms with Crippen LogP contribution in [0.25, 0.3) is 0 Å². The average Bonchev–Trinajstić information content (AvgIpc) is 2.81. The second-order valence-corrected chi connectivity index (χ2v) is 3.91. The number of aryl methyl sites for hydroxylation is 1. The maximum atomic E-state index is 10.9. The van der Waals surface area contributed by atoms with E-state index in [2.05, 4.69) is 10.3 Å². The standard InChI is InChI=1S/C12H11N5O2/c1-16-5-4-14-12(16)8-15-10-6-9(7-13)2-3-11(10)17(18)19/h2-6,15H,8H2,1H3. The second-order valence-electron chi connectivity index (χ2n) is 3.91. The van der Waals surface area contributed by atoms with E-state index in [1.54, 1.807) is 12.4 Å². The van der Waals surface area contributed by atoms with Crippen LogP contribution in [0.15, 0.2) is 30.6 Å². The van der Waals surface area contributed by atoms with Gasteiger partial charge in [-0.3, -0.25) is 10.1 Å². The zero-order chi connectivity index (χ0) is 13.8. The normalized spacial score (nSPS) is 9.89. The summed E-state index contributed by atoms with van der Waals surface area (Å²) < 4.78 is 1.81. The number of imidazole rings is 1. The maximum absolute atomic E-state index is 10.9. The van der Waals surface area contributed by atoms with Crippen molar-refractivity contribution in [2.24, 2.45) is 7.05 Å². The molecule has 19 heavy (non-hydrogen) atoms. The summed E-state index contributed by atoms with van der Waals surface area (Å²) in [5, 5.41) is 22.7. The molecule has 0 radical (unpaired) electrons. The molecule has 0 fully saturated rings. The number of benzene rings is 1. The van der Waals surface area contributed by atoms with E-state index in [1.807, 2.05) is 17.7 Å². The van der Waals surface area contributed by atoms with E-state index in [4.69, 9.17) is 5.26 Å². The smallest absolute Gasteiger partial charge is 0.292 e. The van der Waals surface area contributed by atoms with Gasteiger partial charge in [0.25, 0.3) is 5.69 Å². The summed E-state index contributed by atoms with van der Waals surface area (Å²) in [5.74, 6) is 0.747. The Bertz CT molecular complexity index is 656. The number of nitro benzene ring substituents is 1. The second kappa shape index (κ2) is 5.18. The first-order chi connectivity index (χ1) is 9.11. The summed E-state index contributed by atoms with van der Waals surface area (Å²) in [7, 11) is 1.84. The molecule has 2 rings (SSSR count). The number of hydrogen-bond donors (Lipinski definition) is 1. The monoisotopic (exact) mass is 257 g/mol. The molecule has 0 aliphatic heterocycles. The molecule has 0 atom stereocenters. The first-order valence-corrected chi connectivity index (χ1v) is 5.50. The topological polar surface area (TPSA) is 96.8 Å². The lowest BCUT2D eigenvalue weighted by Crippen LogP contribution is -2.07. The van der Waals surface area contributed by atoms with E-state index in [0.29, 0.717) is 17.8 Å². The molecule has 96 valence electrons. The van der Waals surface area contributed by atoms with Crippen LogP contribution in [0.1, 0.15) is 11.4 Å². The summed E-state index contributed by atoms with van der Waals surface area (Å²) in [4.78, 5) is 14.5. The minimum absolute atomic E-state index is 0.0618. The van der Waals surface area contributed by atoms with Crippen molar-refractivity contribution in [1.82, 2.24) is 9.55 Å². The van der Waals surface area contributed by atoms with E-state index in [-0.39, 0.29) is 5.69 Å². The van der Waals surface area contributed by atoms with Gasteiger partial charge in [-0.05, 0) is 12.1 Å². The molecule has 0 unspecified atom stereocenters. The number of anilines is 1. The first-order valence-electron chi connectivity index (χ1n) is 5.50. The lowest BCUT2D eigenvalue weighted by atomic mass is 10.2. The highest BCUT2D eigenvalue weighted by Crippen LogP contribution is 2.25. The van der Waals surface area contributed by atoms with Crippen LogP contribution < -0.4 is 5.32 Å². The zero-order valence-electron chi connectivity index (χ0n) is 10.2. The summed E-state index contributed by atoms with van der Waals surface area (Å²) in [6, 6.07) is 6.15. The first kappa shape index (κ1) is 12.6. The van der Waals surface area contributed by atoms with E-state index in [0.717, 1.165) is 5.82 Å². The molecule has 7 nitrogen and oxygen atoms in total. The Morgan fingerprint density at radius 3 is 2.95 bits per heavy atom. The van der Waals surface area contributed by atoms with E-state index in [1.165, 1.54) is 18.2 Å². The quantitative estimate of drug-likeness (QED) is 0.665. The van der Waals surface area contributed by atoms with Gasteiger partial charge < -0.3 is 9.88 Å². The molecule has 2 aromatic rings. The fourth-order valence-corrected chi connectivity index (χ4v) is 1.65. The van der Waals surface area contributed by atoms with Gasteiger partial charge in [-0.25, -0.2) is 4.98 Å². The van der Waals surface area contributed by atoms with Crippen LogP contribution in [0.3, 0.4) is 0 Å².